The lowest BCUT2D eigenvalue weighted by atomic mass is 9.97. The molecule has 2 aromatic heterocycles. The number of nitrogens with one attached hydrogen (secondary N) is 1. The Balaban J connectivity index is 1.64. The fourth-order valence-electron chi connectivity index (χ4n) is 4.79. The molecule has 2 heterocycles. The molecule has 0 aliphatic heterocycles. The van der Waals surface area contributed by atoms with Crippen molar-refractivity contribution in [2.24, 2.45) is 0 Å². The smallest absolute Gasteiger partial charge is 0.0762 e. The summed E-state index contributed by atoms with van der Waals surface area (Å²) in [5, 5.41) is 13.5. The maximum atomic E-state index is 4.66. The van der Waals surface area contributed by atoms with Crippen molar-refractivity contribution >= 4 is 54.3 Å². The Kier molecular flexibility index (Phi) is 3.00. The van der Waals surface area contributed by atoms with Crippen LogP contribution in [0.5, 0.6) is 0 Å². The van der Waals surface area contributed by atoms with E-state index in [0.717, 1.165) is 22.1 Å². The van der Waals surface area contributed by atoms with Crippen LogP contribution in [0, 0.1) is 0 Å². The Hall–Kier alpha value is -4.11. The number of nitrogens with zero attached hydrogens (tertiary/aromatic N) is 2. The van der Waals surface area contributed by atoms with Gasteiger partial charge in [0.05, 0.1) is 17.4 Å². The number of aromatic nitrogens is 3. The second-order valence-electron chi connectivity index (χ2n) is 7.85. The van der Waals surface area contributed by atoms with Gasteiger partial charge in [-0.3, -0.25) is 0 Å². The number of hydrogen-bond acceptors (Lipinski definition) is 1. The summed E-state index contributed by atoms with van der Waals surface area (Å²) in [6, 6.07) is 32.3. The van der Waals surface area contributed by atoms with Crippen molar-refractivity contribution in [2.45, 2.75) is 0 Å². The quantitative estimate of drug-likeness (QED) is 0.305. The molecule has 0 atom stereocenters. The zero-order valence-electron chi connectivity index (χ0n) is 16.1. The number of aromatic amines is 1. The number of benzene rings is 5. The van der Waals surface area contributed by atoms with Gasteiger partial charge < -0.3 is 4.98 Å². The van der Waals surface area contributed by atoms with Crippen LogP contribution in [0.15, 0.2) is 97.2 Å². The van der Waals surface area contributed by atoms with Gasteiger partial charge >= 0.3 is 0 Å². The van der Waals surface area contributed by atoms with Gasteiger partial charge in [0, 0.05) is 27.2 Å². The van der Waals surface area contributed by atoms with Gasteiger partial charge in [-0.25, -0.2) is 4.68 Å². The van der Waals surface area contributed by atoms with Crippen LogP contribution in [-0.2, 0) is 0 Å². The molecule has 0 aliphatic carbocycles. The van der Waals surface area contributed by atoms with E-state index in [1.165, 1.54) is 37.8 Å². The van der Waals surface area contributed by atoms with Crippen LogP contribution < -0.4 is 0 Å². The molecular formula is C27H17N3. The predicted octanol–water partition coefficient (Wildman–Crippen LogP) is 6.97. The molecule has 0 aliphatic rings. The lowest BCUT2D eigenvalue weighted by Crippen LogP contribution is -1.94. The summed E-state index contributed by atoms with van der Waals surface area (Å²) in [5.74, 6) is 0. The van der Waals surface area contributed by atoms with Crippen LogP contribution >= 0.6 is 0 Å². The highest BCUT2D eigenvalue weighted by atomic mass is 15.3. The van der Waals surface area contributed by atoms with Gasteiger partial charge in [-0.2, -0.15) is 5.10 Å². The van der Waals surface area contributed by atoms with Gasteiger partial charge in [0.2, 0.25) is 0 Å². The molecule has 0 unspecified atom stereocenters. The summed E-state index contributed by atoms with van der Waals surface area (Å²) in [6.45, 7) is 0. The number of fused-ring (bicyclic) bond motifs is 8. The van der Waals surface area contributed by atoms with Crippen molar-refractivity contribution in [1.82, 2.24) is 14.8 Å². The molecule has 140 valence electrons. The van der Waals surface area contributed by atoms with E-state index in [-0.39, 0.29) is 0 Å². The average Bonchev–Trinajstić information content (AvgIpc) is 3.38. The Labute approximate surface area is 172 Å². The molecule has 0 spiro atoms. The van der Waals surface area contributed by atoms with Gasteiger partial charge in [-0.05, 0) is 51.9 Å². The second-order valence-corrected chi connectivity index (χ2v) is 7.85. The number of rotatable bonds is 1. The molecule has 1 N–H and O–H groups in total. The van der Waals surface area contributed by atoms with E-state index >= 15 is 0 Å². The maximum Gasteiger partial charge on any atom is 0.0762 e. The fraction of sp³-hybridized carbons (Fsp3) is 0. The molecule has 7 rings (SSSR count). The SMILES string of the molecule is c1ccc(-n2ncc3cc4c(cc32)[nH]c2ccc3ccc5ccccc5c3c24)cc1. The Morgan fingerprint density at radius 1 is 0.600 bits per heavy atom. The van der Waals surface area contributed by atoms with E-state index in [1.807, 2.05) is 29.1 Å². The molecule has 5 aromatic carbocycles. The molecule has 3 nitrogen and oxygen atoms in total. The first-order valence-corrected chi connectivity index (χ1v) is 10.2. The first kappa shape index (κ1) is 15.8. The minimum atomic E-state index is 1.07. The molecule has 7 aromatic rings. The van der Waals surface area contributed by atoms with Crippen molar-refractivity contribution in [3.05, 3.63) is 97.2 Å². The van der Waals surface area contributed by atoms with Crippen LogP contribution in [0.25, 0.3) is 59.9 Å². The van der Waals surface area contributed by atoms with E-state index in [1.54, 1.807) is 0 Å². The van der Waals surface area contributed by atoms with Gasteiger partial charge in [0.25, 0.3) is 0 Å². The largest absolute Gasteiger partial charge is 0.354 e. The number of para-hydroxylation sites is 1. The average molecular weight is 383 g/mol. The number of hydrogen-bond donors (Lipinski definition) is 1. The monoisotopic (exact) mass is 383 g/mol. The summed E-state index contributed by atoms with van der Waals surface area (Å²) in [6.07, 6.45) is 1.96. The van der Waals surface area contributed by atoms with Gasteiger partial charge in [-0.15, -0.1) is 0 Å². The Morgan fingerprint density at radius 3 is 2.33 bits per heavy atom. The predicted molar refractivity (Wildman–Crippen MR) is 125 cm³/mol. The van der Waals surface area contributed by atoms with Crippen molar-refractivity contribution < 1.29 is 0 Å². The van der Waals surface area contributed by atoms with Crippen molar-refractivity contribution in [1.29, 1.82) is 0 Å². The fourth-order valence-corrected chi connectivity index (χ4v) is 4.79. The molecule has 0 fully saturated rings. The second kappa shape index (κ2) is 5.71. The zero-order chi connectivity index (χ0) is 19.7. The lowest BCUT2D eigenvalue weighted by Gasteiger charge is -2.06. The van der Waals surface area contributed by atoms with Gasteiger partial charge in [-0.1, -0.05) is 60.7 Å². The normalized spacial score (nSPS) is 12.0. The summed E-state index contributed by atoms with van der Waals surface area (Å²) in [7, 11) is 0. The van der Waals surface area contributed by atoms with Crippen LogP contribution in [0.2, 0.25) is 0 Å². The van der Waals surface area contributed by atoms with Gasteiger partial charge in [0.15, 0.2) is 0 Å². The zero-order valence-corrected chi connectivity index (χ0v) is 16.1. The lowest BCUT2D eigenvalue weighted by molar-refractivity contribution is 0.911. The minimum Gasteiger partial charge on any atom is -0.354 e. The third-order valence-electron chi connectivity index (χ3n) is 6.16. The van der Waals surface area contributed by atoms with Crippen molar-refractivity contribution in [3.8, 4) is 5.69 Å². The molecule has 0 bridgehead atoms. The summed E-state index contributed by atoms with van der Waals surface area (Å²) < 4.78 is 2.01. The molecule has 0 saturated carbocycles. The van der Waals surface area contributed by atoms with E-state index in [0.29, 0.717) is 0 Å². The third-order valence-corrected chi connectivity index (χ3v) is 6.16. The van der Waals surface area contributed by atoms with E-state index < -0.39 is 0 Å². The van der Waals surface area contributed by atoms with Crippen molar-refractivity contribution in [3.63, 3.8) is 0 Å². The minimum absolute atomic E-state index is 1.07. The molecule has 30 heavy (non-hydrogen) atoms. The van der Waals surface area contributed by atoms with Crippen molar-refractivity contribution in [2.75, 3.05) is 0 Å². The van der Waals surface area contributed by atoms with E-state index in [4.69, 9.17) is 0 Å². The molecule has 0 saturated heterocycles. The highest BCUT2D eigenvalue weighted by molar-refractivity contribution is 6.28. The van der Waals surface area contributed by atoms with E-state index in [9.17, 15) is 0 Å². The topological polar surface area (TPSA) is 33.6 Å². The molecule has 3 heteroatoms. The number of H-pyrrole nitrogens is 1. The van der Waals surface area contributed by atoms with Crippen LogP contribution in [0.1, 0.15) is 0 Å². The molecular weight excluding hydrogens is 366 g/mol. The summed E-state index contributed by atoms with van der Waals surface area (Å²) in [5.41, 5.74) is 4.48. The maximum absolute atomic E-state index is 4.66. The van der Waals surface area contributed by atoms with Crippen LogP contribution in [-0.4, -0.2) is 14.8 Å². The van der Waals surface area contributed by atoms with Crippen LogP contribution in [0.4, 0.5) is 0 Å². The van der Waals surface area contributed by atoms with Crippen LogP contribution in [0.3, 0.4) is 0 Å². The third kappa shape index (κ3) is 2.06. The van der Waals surface area contributed by atoms with E-state index in [2.05, 4.69) is 82.9 Å². The highest BCUT2D eigenvalue weighted by Crippen LogP contribution is 2.38. The first-order valence-electron chi connectivity index (χ1n) is 10.2. The standard InChI is InChI=1S/C27H17N3/c1-2-7-20(8-3-1)30-25-15-24-22(14-19(25)16-28-30)27-23(29-24)13-12-18-11-10-17-6-4-5-9-21(17)26(18)27/h1-16,29H. The first-order chi connectivity index (χ1) is 14.9. The Bertz CT molecular complexity index is 1740. The highest BCUT2D eigenvalue weighted by Gasteiger charge is 2.14. The summed E-state index contributed by atoms with van der Waals surface area (Å²) in [4.78, 5) is 3.65. The van der Waals surface area contributed by atoms with Gasteiger partial charge in [0.1, 0.15) is 0 Å². The summed E-state index contributed by atoms with van der Waals surface area (Å²) >= 11 is 0. The molecule has 0 amide bonds. The molecule has 0 radical (unpaired) electrons. The Morgan fingerprint density at radius 2 is 1.40 bits per heavy atom.